The number of likely N-dealkylation sites (N-methyl/N-ethyl adjacent to an activating group) is 1. The Morgan fingerprint density at radius 1 is 1.45 bits per heavy atom. The van der Waals surface area contributed by atoms with E-state index in [4.69, 9.17) is 4.74 Å². The van der Waals surface area contributed by atoms with Crippen LogP contribution in [0.1, 0.15) is 5.56 Å². The molecule has 2 amide bonds. The number of pyridine rings is 1. The van der Waals surface area contributed by atoms with Gasteiger partial charge in [0, 0.05) is 20.4 Å². The van der Waals surface area contributed by atoms with Crippen LogP contribution in [0, 0.1) is 0 Å². The average Bonchev–Trinajstić information content (AvgIpc) is 2.59. The zero-order valence-corrected chi connectivity index (χ0v) is 10.6. The van der Waals surface area contributed by atoms with Crippen LogP contribution >= 0.6 is 0 Å². The molecule has 6 nitrogen and oxygen atoms in total. The van der Waals surface area contributed by atoms with E-state index in [2.05, 4.69) is 4.98 Å². The van der Waals surface area contributed by atoms with Crippen molar-refractivity contribution in [3.05, 3.63) is 23.9 Å². The molecule has 2 unspecified atom stereocenters. The number of ether oxygens (including phenoxy) is 1. The topological polar surface area (TPSA) is 65.9 Å². The van der Waals surface area contributed by atoms with Crippen LogP contribution in [0.25, 0.3) is 0 Å². The van der Waals surface area contributed by atoms with Gasteiger partial charge in [-0.2, -0.15) is 13.2 Å². The van der Waals surface area contributed by atoms with Crippen molar-refractivity contribution in [2.45, 2.75) is 18.6 Å². The van der Waals surface area contributed by atoms with Crippen LogP contribution in [0.2, 0.25) is 0 Å². The zero-order chi connectivity index (χ0) is 15.1. The number of aliphatic hydroxyl groups is 1. The normalized spacial score (nSPS) is 23.6. The summed E-state index contributed by atoms with van der Waals surface area (Å²) in [6.07, 6.45) is -6.04. The highest BCUT2D eigenvalue weighted by atomic mass is 19.4. The van der Waals surface area contributed by atoms with Crippen LogP contribution in [0.4, 0.5) is 23.8 Å². The summed E-state index contributed by atoms with van der Waals surface area (Å²) in [5.41, 5.74) is -0.953. The van der Waals surface area contributed by atoms with Gasteiger partial charge in [-0.25, -0.2) is 14.7 Å². The average molecular weight is 291 g/mol. The highest BCUT2D eigenvalue weighted by molar-refractivity contribution is 5.93. The van der Waals surface area contributed by atoms with Gasteiger partial charge in [-0.3, -0.25) is 4.90 Å². The number of alkyl halides is 3. The van der Waals surface area contributed by atoms with Crippen molar-refractivity contribution in [2.24, 2.45) is 0 Å². The molecule has 1 aromatic rings. The standard InChI is InChI=1S/C11H12F3N3O3/c1-16-9(20-2)8(18)17(10(16)19)7-5-6(3-4-15-7)11(12,13)14/h3-5,8-9,18H,1-2H3. The van der Waals surface area contributed by atoms with Gasteiger partial charge < -0.3 is 9.84 Å². The first-order valence-corrected chi connectivity index (χ1v) is 5.57. The molecule has 0 bridgehead atoms. The van der Waals surface area contributed by atoms with Gasteiger partial charge >= 0.3 is 12.2 Å². The van der Waals surface area contributed by atoms with Gasteiger partial charge in [0.1, 0.15) is 5.82 Å². The Labute approximate surface area is 112 Å². The summed E-state index contributed by atoms with van der Waals surface area (Å²) in [5, 5.41) is 9.95. The minimum absolute atomic E-state index is 0.288. The van der Waals surface area contributed by atoms with Gasteiger partial charge in [0.25, 0.3) is 0 Å². The van der Waals surface area contributed by atoms with E-state index in [0.717, 1.165) is 22.1 Å². The quantitative estimate of drug-likeness (QED) is 0.891. The summed E-state index contributed by atoms with van der Waals surface area (Å²) < 4.78 is 42.8. The second-order valence-corrected chi connectivity index (χ2v) is 4.20. The van der Waals surface area contributed by atoms with E-state index >= 15 is 0 Å². The molecule has 0 aromatic carbocycles. The van der Waals surface area contributed by atoms with Crippen molar-refractivity contribution in [1.82, 2.24) is 9.88 Å². The van der Waals surface area contributed by atoms with E-state index in [1.165, 1.54) is 14.2 Å². The van der Waals surface area contributed by atoms with Crippen molar-refractivity contribution in [3.8, 4) is 0 Å². The highest BCUT2D eigenvalue weighted by Crippen LogP contribution is 2.33. The van der Waals surface area contributed by atoms with Crippen LogP contribution in [0.3, 0.4) is 0 Å². The third kappa shape index (κ3) is 2.29. The van der Waals surface area contributed by atoms with Crippen molar-refractivity contribution >= 4 is 11.8 Å². The molecule has 0 spiro atoms. The molecular weight excluding hydrogens is 279 g/mol. The molecule has 2 rings (SSSR count). The third-order valence-corrected chi connectivity index (χ3v) is 2.97. The van der Waals surface area contributed by atoms with E-state index in [0.29, 0.717) is 6.07 Å². The lowest BCUT2D eigenvalue weighted by atomic mass is 10.2. The Morgan fingerprint density at radius 3 is 2.60 bits per heavy atom. The molecule has 1 aliphatic rings. The molecule has 2 heterocycles. The fourth-order valence-corrected chi connectivity index (χ4v) is 1.96. The van der Waals surface area contributed by atoms with Gasteiger partial charge in [-0.05, 0) is 12.1 Å². The van der Waals surface area contributed by atoms with Crippen LogP contribution in [-0.2, 0) is 10.9 Å². The molecule has 1 fully saturated rings. The number of urea groups is 1. The Hall–Kier alpha value is -1.87. The molecule has 0 saturated carbocycles. The maximum atomic E-state index is 12.6. The number of aromatic nitrogens is 1. The number of hydrogen-bond donors (Lipinski definition) is 1. The number of hydrogen-bond acceptors (Lipinski definition) is 4. The number of amides is 2. The molecule has 0 radical (unpaired) electrons. The molecule has 2 atom stereocenters. The monoisotopic (exact) mass is 291 g/mol. The first-order chi connectivity index (χ1) is 9.27. The van der Waals surface area contributed by atoms with Crippen LogP contribution in [-0.4, -0.2) is 47.6 Å². The van der Waals surface area contributed by atoms with Crippen molar-refractivity contribution in [2.75, 3.05) is 19.1 Å². The van der Waals surface area contributed by atoms with E-state index in [9.17, 15) is 23.1 Å². The molecule has 1 N–H and O–H groups in total. The van der Waals surface area contributed by atoms with E-state index < -0.39 is 30.2 Å². The number of anilines is 1. The first-order valence-electron chi connectivity index (χ1n) is 5.57. The summed E-state index contributed by atoms with van der Waals surface area (Å²) in [5.74, 6) is -0.288. The zero-order valence-electron chi connectivity index (χ0n) is 10.6. The number of carbonyl (C=O) groups excluding carboxylic acids is 1. The Balaban J connectivity index is 2.39. The van der Waals surface area contributed by atoms with Crippen molar-refractivity contribution in [3.63, 3.8) is 0 Å². The Kier molecular flexibility index (Phi) is 3.57. The van der Waals surface area contributed by atoms with Gasteiger partial charge in [-0.1, -0.05) is 0 Å². The van der Waals surface area contributed by atoms with E-state index in [-0.39, 0.29) is 5.82 Å². The van der Waals surface area contributed by atoms with Crippen LogP contribution < -0.4 is 4.90 Å². The van der Waals surface area contributed by atoms with E-state index in [1.807, 2.05) is 0 Å². The molecule has 110 valence electrons. The number of nitrogens with zero attached hydrogens (tertiary/aromatic N) is 3. The van der Waals surface area contributed by atoms with Crippen molar-refractivity contribution in [1.29, 1.82) is 0 Å². The molecule has 0 aliphatic carbocycles. The minimum atomic E-state index is -4.56. The smallest absolute Gasteiger partial charge is 0.369 e. The number of halogens is 3. The number of carbonyl (C=O) groups is 1. The molecule has 1 aromatic heterocycles. The molecule has 1 aliphatic heterocycles. The van der Waals surface area contributed by atoms with Gasteiger partial charge in [-0.15, -0.1) is 0 Å². The lowest BCUT2D eigenvalue weighted by Gasteiger charge is -2.20. The second-order valence-electron chi connectivity index (χ2n) is 4.20. The van der Waals surface area contributed by atoms with Crippen molar-refractivity contribution < 1.29 is 27.8 Å². The molecule has 9 heteroatoms. The second kappa shape index (κ2) is 4.91. The predicted octanol–water partition coefficient (Wildman–Crippen LogP) is 1.26. The number of rotatable bonds is 2. The summed E-state index contributed by atoms with van der Waals surface area (Å²) in [6, 6.07) is 0.789. The predicted molar refractivity (Wildman–Crippen MR) is 61.7 cm³/mol. The molecule has 20 heavy (non-hydrogen) atoms. The maximum absolute atomic E-state index is 12.6. The Morgan fingerprint density at radius 2 is 2.10 bits per heavy atom. The third-order valence-electron chi connectivity index (χ3n) is 2.97. The van der Waals surface area contributed by atoms with Crippen LogP contribution in [0.5, 0.6) is 0 Å². The number of methoxy groups -OCH3 is 1. The lowest BCUT2D eigenvalue weighted by Crippen LogP contribution is -2.38. The fourth-order valence-electron chi connectivity index (χ4n) is 1.96. The summed E-state index contributed by atoms with van der Waals surface area (Å²) >= 11 is 0. The first kappa shape index (κ1) is 14.5. The minimum Gasteiger partial charge on any atom is -0.369 e. The largest absolute Gasteiger partial charge is 0.416 e. The van der Waals surface area contributed by atoms with E-state index in [1.54, 1.807) is 0 Å². The fraction of sp³-hybridized carbons (Fsp3) is 0.455. The van der Waals surface area contributed by atoms with Gasteiger partial charge in [0.05, 0.1) is 5.56 Å². The summed E-state index contributed by atoms with van der Waals surface area (Å²) in [7, 11) is 2.65. The summed E-state index contributed by atoms with van der Waals surface area (Å²) in [4.78, 5) is 17.5. The van der Waals surface area contributed by atoms with Gasteiger partial charge in [0.15, 0.2) is 12.5 Å². The van der Waals surface area contributed by atoms with Gasteiger partial charge in [0.2, 0.25) is 0 Å². The summed E-state index contributed by atoms with van der Waals surface area (Å²) in [6.45, 7) is 0. The molecular formula is C11H12F3N3O3. The molecule has 1 saturated heterocycles. The number of aliphatic hydroxyl groups excluding tert-OH is 1. The highest BCUT2D eigenvalue weighted by Gasteiger charge is 2.45. The Bertz CT molecular complexity index is 523. The lowest BCUT2D eigenvalue weighted by molar-refractivity contribution is -0.137. The maximum Gasteiger partial charge on any atom is 0.416 e. The van der Waals surface area contributed by atoms with Crippen LogP contribution in [0.15, 0.2) is 18.3 Å². The SMILES string of the molecule is COC1C(O)N(c2cc(C(F)(F)F)ccn2)C(=O)N1C.